The molecule has 0 N–H and O–H groups in total. The minimum absolute atomic E-state index is 0.134. The van der Waals surface area contributed by atoms with Crippen molar-refractivity contribution in [1.29, 1.82) is 0 Å². The van der Waals surface area contributed by atoms with Gasteiger partial charge in [-0.15, -0.1) is 11.8 Å². The molecule has 0 fully saturated rings. The lowest BCUT2D eigenvalue weighted by Crippen LogP contribution is -2.06. The fourth-order valence-corrected chi connectivity index (χ4v) is 2.50. The Morgan fingerprint density at radius 2 is 1.79 bits per heavy atom. The number of hydrogen-bond donors (Lipinski definition) is 0. The lowest BCUT2D eigenvalue weighted by Gasteiger charge is -2.03. The Kier molecular flexibility index (Phi) is 4.68. The van der Waals surface area contributed by atoms with Gasteiger partial charge in [-0.2, -0.15) is 0 Å². The first-order chi connectivity index (χ1) is 9.16. The Balaban J connectivity index is 1.93. The molecule has 98 valence electrons. The van der Waals surface area contributed by atoms with Crippen molar-refractivity contribution in [2.24, 2.45) is 0 Å². The summed E-state index contributed by atoms with van der Waals surface area (Å²) in [5.74, 6) is -0.860. The van der Waals surface area contributed by atoms with Gasteiger partial charge < -0.3 is 0 Å². The Morgan fingerprint density at radius 3 is 2.53 bits per heavy atom. The molecule has 1 nitrogen and oxygen atoms in total. The summed E-state index contributed by atoms with van der Waals surface area (Å²) in [5, 5.41) is 0. The van der Waals surface area contributed by atoms with E-state index in [0.717, 1.165) is 23.8 Å². The van der Waals surface area contributed by atoms with Crippen molar-refractivity contribution in [3.05, 3.63) is 71.3 Å². The number of carbonyl (C=O) groups is 1. The third-order valence-electron chi connectivity index (χ3n) is 2.57. The zero-order valence-electron chi connectivity index (χ0n) is 10.1. The predicted molar refractivity (Wildman–Crippen MR) is 73.3 cm³/mol. The molecule has 0 aliphatic carbocycles. The highest BCUT2D eigenvalue weighted by atomic mass is 32.2. The molecule has 2 aromatic carbocycles. The molecule has 0 saturated carbocycles. The van der Waals surface area contributed by atoms with Gasteiger partial charge in [0.15, 0.2) is 5.78 Å². The van der Waals surface area contributed by atoms with Crippen LogP contribution < -0.4 is 0 Å². The number of hydrogen-bond acceptors (Lipinski definition) is 2. The van der Waals surface area contributed by atoms with Crippen LogP contribution in [-0.2, 0) is 5.75 Å². The van der Waals surface area contributed by atoms with E-state index in [1.54, 1.807) is 0 Å². The van der Waals surface area contributed by atoms with E-state index in [2.05, 4.69) is 0 Å². The molecule has 0 bridgehead atoms. The van der Waals surface area contributed by atoms with Crippen LogP contribution in [0.2, 0.25) is 0 Å². The molecule has 0 saturated heterocycles. The van der Waals surface area contributed by atoms with Gasteiger partial charge in [0, 0.05) is 5.75 Å². The standard InChI is InChI=1S/C15H12F2OS/c16-12-6-7-14(17)13(8-12)15(18)10-19-9-11-4-2-1-3-5-11/h1-8H,9-10H2. The van der Waals surface area contributed by atoms with Crippen molar-refractivity contribution in [2.75, 3.05) is 5.75 Å². The van der Waals surface area contributed by atoms with Crippen LogP contribution in [0, 0.1) is 11.6 Å². The molecular weight excluding hydrogens is 266 g/mol. The third-order valence-corrected chi connectivity index (χ3v) is 3.58. The monoisotopic (exact) mass is 278 g/mol. The van der Waals surface area contributed by atoms with Gasteiger partial charge in [-0.05, 0) is 23.8 Å². The zero-order chi connectivity index (χ0) is 13.7. The first-order valence-electron chi connectivity index (χ1n) is 5.77. The Labute approximate surface area is 114 Å². The highest BCUT2D eigenvalue weighted by Gasteiger charge is 2.12. The average molecular weight is 278 g/mol. The number of Topliss-reactive ketones (excluding diaryl/α,β-unsaturated/α-hetero) is 1. The molecule has 0 heterocycles. The molecule has 19 heavy (non-hydrogen) atoms. The topological polar surface area (TPSA) is 17.1 Å². The van der Waals surface area contributed by atoms with Crippen LogP contribution in [0.3, 0.4) is 0 Å². The number of ketones is 1. The molecule has 0 aromatic heterocycles. The SMILES string of the molecule is O=C(CSCc1ccccc1)c1cc(F)ccc1F. The van der Waals surface area contributed by atoms with Crippen LogP contribution in [0.4, 0.5) is 8.78 Å². The van der Waals surface area contributed by atoms with Gasteiger partial charge in [0.25, 0.3) is 0 Å². The number of benzene rings is 2. The molecule has 0 spiro atoms. The minimum atomic E-state index is -0.674. The van der Waals surface area contributed by atoms with Crippen LogP contribution in [0.1, 0.15) is 15.9 Å². The molecule has 0 atom stereocenters. The molecule has 0 unspecified atom stereocenters. The maximum atomic E-state index is 13.4. The van der Waals surface area contributed by atoms with Crippen LogP contribution in [0.5, 0.6) is 0 Å². The maximum Gasteiger partial charge on any atom is 0.175 e. The molecule has 0 aliphatic rings. The normalized spacial score (nSPS) is 10.4. The summed E-state index contributed by atoms with van der Waals surface area (Å²) >= 11 is 1.39. The van der Waals surface area contributed by atoms with Crippen LogP contribution in [0.15, 0.2) is 48.5 Å². The van der Waals surface area contributed by atoms with Gasteiger partial charge >= 0.3 is 0 Å². The molecule has 4 heteroatoms. The lowest BCUT2D eigenvalue weighted by atomic mass is 10.1. The molecule has 2 aromatic rings. The highest BCUT2D eigenvalue weighted by Crippen LogP contribution is 2.16. The van der Waals surface area contributed by atoms with Crippen LogP contribution in [0.25, 0.3) is 0 Å². The first-order valence-corrected chi connectivity index (χ1v) is 6.92. The largest absolute Gasteiger partial charge is 0.293 e. The number of carbonyl (C=O) groups excluding carboxylic acids is 1. The van der Waals surface area contributed by atoms with Gasteiger partial charge in [-0.1, -0.05) is 30.3 Å². The van der Waals surface area contributed by atoms with E-state index in [9.17, 15) is 13.6 Å². The summed E-state index contributed by atoms with van der Waals surface area (Å²) in [4.78, 5) is 11.8. The average Bonchev–Trinajstić information content (AvgIpc) is 2.42. The van der Waals surface area contributed by atoms with Crippen molar-refractivity contribution in [1.82, 2.24) is 0 Å². The minimum Gasteiger partial charge on any atom is -0.293 e. The van der Waals surface area contributed by atoms with Gasteiger partial charge in [-0.25, -0.2) is 8.78 Å². The van der Waals surface area contributed by atoms with Crippen LogP contribution >= 0.6 is 11.8 Å². The Hall–Kier alpha value is -1.68. The fourth-order valence-electron chi connectivity index (χ4n) is 1.62. The highest BCUT2D eigenvalue weighted by molar-refractivity contribution is 7.99. The summed E-state index contributed by atoms with van der Waals surface area (Å²) in [5.41, 5.74) is 0.917. The molecule has 0 radical (unpaired) electrons. The van der Waals surface area contributed by atoms with Crippen molar-refractivity contribution in [3.63, 3.8) is 0 Å². The number of halogens is 2. The Morgan fingerprint density at radius 1 is 1.05 bits per heavy atom. The second kappa shape index (κ2) is 6.48. The van der Waals surface area contributed by atoms with Crippen molar-refractivity contribution in [2.45, 2.75) is 5.75 Å². The van der Waals surface area contributed by atoms with E-state index in [-0.39, 0.29) is 11.3 Å². The quantitative estimate of drug-likeness (QED) is 0.767. The maximum absolute atomic E-state index is 13.4. The van der Waals surface area contributed by atoms with E-state index in [1.807, 2.05) is 30.3 Å². The smallest absolute Gasteiger partial charge is 0.175 e. The Bertz CT molecular complexity index is 570. The summed E-state index contributed by atoms with van der Waals surface area (Å²) in [6, 6.07) is 12.6. The van der Waals surface area contributed by atoms with E-state index in [0.29, 0.717) is 5.75 Å². The number of rotatable bonds is 5. The van der Waals surface area contributed by atoms with E-state index >= 15 is 0 Å². The fraction of sp³-hybridized carbons (Fsp3) is 0.133. The molecule has 2 rings (SSSR count). The van der Waals surface area contributed by atoms with Crippen molar-refractivity contribution < 1.29 is 13.6 Å². The van der Waals surface area contributed by atoms with Gasteiger partial charge in [0.1, 0.15) is 11.6 Å². The van der Waals surface area contributed by atoms with Gasteiger partial charge in [0.05, 0.1) is 11.3 Å². The molecule has 0 amide bonds. The summed E-state index contributed by atoms with van der Waals surface area (Å²) in [6.45, 7) is 0. The summed E-state index contributed by atoms with van der Waals surface area (Å²) in [7, 11) is 0. The first kappa shape index (κ1) is 13.7. The van der Waals surface area contributed by atoms with E-state index < -0.39 is 17.4 Å². The van der Waals surface area contributed by atoms with E-state index in [1.165, 1.54) is 11.8 Å². The summed E-state index contributed by atoms with van der Waals surface area (Å²) in [6.07, 6.45) is 0. The van der Waals surface area contributed by atoms with Crippen LogP contribution in [-0.4, -0.2) is 11.5 Å². The number of thioether (sulfide) groups is 1. The zero-order valence-corrected chi connectivity index (χ0v) is 10.9. The molecule has 0 aliphatic heterocycles. The van der Waals surface area contributed by atoms with Crippen molar-refractivity contribution >= 4 is 17.5 Å². The van der Waals surface area contributed by atoms with Gasteiger partial charge in [-0.3, -0.25) is 4.79 Å². The van der Waals surface area contributed by atoms with Crippen molar-refractivity contribution in [3.8, 4) is 0 Å². The predicted octanol–water partition coefficient (Wildman–Crippen LogP) is 4.08. The van der Waals surface area contributed by atoms with Gasteiger partial charge in [0.2, 0.25) is 0 Å². The lowest BCUT2D eigenvalue weighted by molar-refractivity contribution is 0.101. The van der Waals surface area contributed by atoms with E-state index in [4.69, 9.17) is 0 Å². The molecular formula is C15H12F2OS. The second-order valence-corrected chi connectivity index (χ2v) is 5.01. The summed E-state index contributed by atoms with van der Waals surface area (Å²) < 4.78 is 26.3. The third kappa shape index (κ3) is 3.89. The second-order valence-electron chi connectivity index (χ2n) is 4.03.